The van der Waals surface area contributed by atoms with Crippen molar-refractivity contribution in [2.45, 2.75) is 19.3 Å². The third-order valence-corrected chi connectivity index (χ3v) is 2.42. The summed E-state index contributed by atoms with van der Waals surface area (Å²) >= 11 is 0. The van der Waals surface area contributed by atoms with Gasteiger partial charge in [0.2, 0.25) is 0 Å². The fraction of sp³-hybridized carbons (Fsp3) is 0.500. The topological polar surface area (TPSA) is 90.4 Å². The highest BCUT2D eigenvalue weighted by Gasteiger charge is 2.26. The van der Waals surface area contributed by atoms with Crippen molar-refractivity contribution in [3.05, 3.63) is 28.3 Å². The number of benzene rings is 1. The van der Waals surface area contributed by atoms with Crippen LogP contribution in [0.3, 0.4) is 0 Å². The van der Waals surface area contributed by atoms with Crippen LogP contribution in [0.25, 0.3) is 0 Å². The molecule has 0 heterocycles. The van der Waals surface area contributed by atoms with E-state index >= 15 is 0 Å². The molecule has 20 heavy (non-hydrogen) atoms. The number of nitrogens with zero attached hydrogens (tertiary/aromatic N) is 1. The van der Waals surface area contributed by atoms with Gasteiger partial charge in [-0.15, -0.1) is 0 Å². The average molecular weight is 289 g/mol. The fourth-order valence-electron chi connectivity index (χ4n) is 1.40. The second-order valence-corrected chi connectivity index (χ2v) is 4.23. The van der Waals surface area contributed by atoms with Crippen LogP contribution >= 0.6 is 0 Å². The van der Waals surface area contributed by atoms with E-state index in [1.165, 1.54) is 18.2 Å². The smallest absolute Gasteiger partial charge is 0.276 e. The third kappa shape index (κ3) is 4.96. The van der Waals surface area contributed by atoms with Crippen molar-refractivity contribution < 1.29 is 18.4 Å². The van der Waals surface area contributed by atoms with Gasteiger partial charge in [0.15, 0.2) is 0 Å². The van der Waals surface area contributed by atoms with Crippen LogP contribution in [0.15, 0.2) is 18.2 Å². The number of alkyl halides is 2. The Morgan fingerprint density at radius 3 is 2.70 bits per heavy atom. The first-order valence-electron chi connectivity index (χ1n) is 6.12. The minimum absolute atomic E-state index is 0.193. The highest BCUT2D eigenvalue weighted by Crippen LogP contribution is 2.27. The zero-order valence-electron chi connectivity index (χ0n) is 11.1. The summed E-state index contributed by atoms with van der Waals surface area (Å²) in [5, 5.41) is 13.2. The highest BCUT2D eigenvalue weighted by atomic mass is 19.3. The molecule has 0 saturated heterocycles. The van der Waals surface area contributed by atoms with E-state index in [-0.39, 0.29) is 17.1 Å². The van der Waals surface area contributed by atoms with Gasteiger partial charge in [-0.2, -0.15) is 0 Å². The fourth-order valence-corrected chi connectivity index (χ4v) is 1.40. The number of nitrogens with one attached hydrogen (secondary N) is 1. The number of nitro groups is 1. The molecule has 8 heteroatoms. The van der Waals surface area contributed by atoms with Gasteiger partial charge in [-0.1, -0.05) is 6.92 Å². The van der Waals surface area contributed by atoms with Crippen molar-refractivity contribution in [2.75, 3.05) is 25.0 Å². The molecular weight excluding hydrogens is 272 g/mol. The average Bonchev–Trinajstić information content (AvgIpc) is 2.43. The standard InChI is InChI=1S/C12H17F2N3O3/c1-2-3-20-11-5-9(4-10(6-11)17(18)19)16-8-12(13,14)7-15/h4-6,16H,2-3,7-8,15H2,1H3. The maximum absolute atomic E-state index is 13.0. The van der Waals surface area contributed by atoms with Gasteiger partial charge in [-0.05, 0) is 6.42 Å². The monoisotopic (exact) mass is 289 g/mol. The molecule has 112 valence electrons. The molecule has 1 aromatic carbocycles. The molecule has 3 N–H and O–H groups in total. The number of ether oxygens (including phenoxy) is 1. The van der Waals surface area contributed by atoms with Crippen molar-refractivity contribution in [3.63, 3.8) is 0 Å². The number of nitro benzene ring substituents is 1. The maximum Gasteiger partial charge on any atom is 0.276 e. The quantitative estimate of drug-likeness (QED) is 0.566. The second kappa shape index (κ2) is 6.99. The number of rotatable bonds is 8. The minimum atomic E-state index is -3.07. The molecule has 0 bridgehead atoms. The van der Waals surface area contributed by atoms with Crippen LogP contribution in [-0.4, -0.2) is 30.5 Å². The molecule has 0 aliphatic carbocycles. The zero-order valence-corrected chi connectivity index (χ0v) is 11.1. The van der Waals surface area contributed by atoms with Crippen LogP contribution in [0.1, 0.15) is 13.3 Å². The first-order valence-corrected chi connectivity index (χ1v) is 6.12. The van der Waals surface area contributed by atoms with Crippen LogP contribution < -0.4 is 15.8 Å². The van der Waals surface area contributed by atoms with Gasteiger partial charge < -0.3 is 15.8 Å². The van der Waals surface area contributed by atoms with Crippen LogP contribution in [0.4, 0.5) is 20.2 Å². The normalized spacial score (nSPS) is 11.2. The summed E-state index contributed by atoms with van der Waals surface area (Å²) in [6.45, 7) is 0.782. The molecule has 0 aliphatic heterocycles. The summed E-state index contributed by atoms with van der Waals surface area (Å²) in [5.74, 6) is -2.81. The molecule has 0 unspecified atom stereocenters. The van der Waals surface area contributed by atoms with E-state index in [4.69, 9.17) is 10.5 Å². The van der Waals surface area contributed by atoms with Crippen molar-refractivity contribution in [1.82, 2.24) is 0 Å². The van der Waals surface area contributed by atoms with Crippen molar-refractivity contribution in [3.8, 4) is 5.75 Å². The Bertz CT molecular complexity index is 469. The zero-order chi connectivity index (χ0) is 15.2. The molecule has 0 spiro atoms. The summed E-state index contributed by atoms with van der Waals surface area (Å²) in [7, 11) is 0. The van der Waals surface area contributed by atoms with E-state index in [1.807, 2.05) is 6.92 Å². The van der Waals surface area contributed by atoms with Crippen molar-refractivity contribution >= 4 is 11.4 Å². The lowest BCUT2D eigenvalue weighted by atomic mass is 10.2. The Morgan fingerprint density at radius 1 is 1.45 bits per heavy atom. The van der Waals surface area contributed by atoms with Gasteiger partial charge in [0.05, 0.1) is 30.7 Å². The van der Waals surface area contributed by atoms with Gasteiger partial charge in [-0.25, -0.2) is 8.78 Å². The molecular formula is C12H17F2N3O3. The number of hydrogen-bond donors (Lipinski definition) is 2. The Hall–Kier alpha value is -1.96. The number of anilines is 1. The largest absolute Gasteiger partial charge is 0.493 e. The van der Waals surface area contributed by atoms with E-state index in [9.17, 15) is 18.9 Å². The number of nitrogens with two attached hydrogens (primary N) is 1. The maximum atomic E-state index is 13.0. The van der Waals surface area contributed by atoms with Crippen LogP contribution in [-0.2, 0) is 0 Å². The molecule has 1 aromatic rings. The molecule has 6 nitrogen and oxygen atoms in total. The number of halogens is 2. The predicted molar refractivity (Wildman–Crippen MR) is 71.4 cm³/mol. The molecule has 0 aromatic heterocycles. The second-order valence-electron chi connectivity index (χ2n) is 4.23. The lowest BCUT2D eigenvalue weighted by Gasteiger charge is -2.16. The lowest BCUT2D eigenvalue weighted by molar-refractivity contribution is -0.384. The van der Waals surface area contributed by atoms with Crippen molar-refractivity contribution in [2.24, 2.45) is 5.73 Å². The lowest BCUT2D eigenvalue weighted by Crippen LogP contribution is -2.35. The van der Waals surface area contributed by atoms with Gasteiger partial charge >= 0.3 is 0 Å². The minimum Gasteiger partial charge on any atom is -0.493 e. The van der Waals surface area contributed by atoms with E-state index in [0.29, 0.717) is 6.61 Å². The third-order valence-electron chi connectivity index (χ3n) is 2.42. The van der Waals surface area contributed by atoms with Crippen LogP contribution in [0, 0.1) is 10.1 Å². The Labute approximate surface area is 115 Å². The van der Waals surface area contributed by atoms with Gasteiger partial charge in [0, 0.05) is 17.8 Å². The molecule has 0 saturated carbocycles. The number of hydrogen-bond acceptors (Lipinski definition) is 5. The Balaban J connectivity index is 2.88. The molecule has 1 rings (SSSR count). The van der Waals surface area contributed by atoms with E-state index in [1.54, 1.807) is 0 Å². The molecule has 0 atom stereocenters. The first-order chi connectivity index (χ1) is 9.38. The Morgan fingerprint density at radius 2 is 2.15 bits per heavy atom. The van der Waals surface area contributed by atoms with Gasteiger partial charge in [0.1, 0.15) is 5.75 Å². The predicted octanol–water partition coefficient (Wildman–Crippen LogP) is 2.39. The summed E-state index contributed by atoms with van der Waals surface area (Å²) in [6, 6.07) is 3.86. The van der Waals surface area contributed by atoms with E-state index < -0.39 is 23.9 Å². The van der Waals surface area contributed by atoms with Crippen molar-refractivity contribution in [1.29, 1.82) is 0 Å². The summed E-state index contributed by atoms with van der Waals surface area (Å²) < 4.78 is 31.4. The summed E-state index contributed by atoms with van der Waals surface area (Å²) in [5.41, 5.74) is 4.89. The first kappa shape index (κ1) is 16.1. The molecule has 0 aliphatic rings. The van der Waals surface area contributed by atoms with E-state index in [2.05, 4.69) is 5.32 Å². The molecule has 0 radical (unpaired) electrons. The number of non-ortho nitro benzene ring substituents is 1. The van der Waals surface area contributed by atoms with Crippen LogP contribution in [0.2, 0.25) is 0 Å². The molecule has 0 fully saturated rings. The highest BCUT2D eigenvalue weighted by molar-refractivity contribution is 5.56. The Kier molecular flexibility index (Phi) is 5.63. The molecule has 0 amide bonds. The van der Waals surface area contributed by atoms with Gasteiger partial charge in [0.25, 0.3) is 11.6 Å². The summed E-state index contributed by atoms with van der Waals surface area (Å²) in [6.07, 6.45) is 0.733. The SMILES string of the molecule is CCCOc1cc(NCC(F)(F)CN)cc([N+](=O)[O-])c1. The van der Waals surface area contributed by atoms with Gasteiger partial charge in [-0.3, -0.25) is 10.1 Å². The van der Waals surface area contributed by atoms with Crippen LogP contribution in [0.5, 0.6) is 5.75 Å². The van der Waals surface area contributed by atoms with E-state index in [0.717, 1.165) is 6.42 Å². The summed E-state index contributed by atoms with van der Waals surface area (Å²) in [4.78, 5) is 10.2.